The van der Waals surface area contributed by atoms with Gasteiger partial charge in [0.2, 0.25) is 11.0 Å². The molecule has 1 N–H and O–H groups in total. The fourth-order valence-corrected chi connectivity index (χ4v) is 5.33. The molecule has 1 heterocycles. The number of hydrogen-bond donors (Lipinski definition) is 1. The number of benzene rings is 2. The molecule has 0 aliphatic carbocycles. The molecule has 7 nitrogen and oxygen atoms in total. The molecule has 2 aromatic carbocycles. The smallest absolute Gasteiger partial charge is 0.264 e. The van der Waals surface area contributed by atoms with Gasteiger partial charge in [-0.05, 0) is 36.4 Å². The van der Waals surface area contributed by atoms with Gasteiger partial charge in [0, 0.05) is 5.75 Å². The zero-order valence-corrected chi connectivity index (χ0v) is 18.0. The third-order valence-electron chi connectivity index (χ3n) is 3.71. The highest BCUT2D eigenvalue weighted by atomic mass is 32.2. The Hall–Kier alpha value is -2.76. The topological polar surface area (TPSA) is 92.3 Å². The zero-order chi connectivity index (χ0) is 21.6. The lowest BCUT2D eigenvalue weighted by atomic mass is 10.3. The van der Waals surface area contributed by atoms with Crippen LogP contribution in [0.1, 0.15) is 0 Å². The molecule has 0 fully saturated rings. The summed E-state index contributed by atoms with van der Waals surface area (Å²) in [4.78, 5) is 12.5. The number of aromatic nitrogens is 2. The minimum atomic E-state index is -4.11. The van der Waals surface area contributed by atoms with Gasteiger partial charge in [0.25, 0.3) is 10.0 Å². The number of carbonyl (C=O) groups excluding carboxylic acids is 1. The van der Waals surface area contributed by atoms with Crippen molar-refractivity contribution in [3.63, 3.8) is 0 Å². The van der Waals surface area contributed by atoms with Crippen molar-refractivity contribution >= 4 is 49.8 Å². The number of nitrogens with one attached hydrogen (secondary N) is 1. The van der Waals surface area contributed by atoms with E-state index in [1.807, 2.05) is 0 Å². The van der Waals surface area contributed by atoms with Crippen molar-refractivity contribution in [2.24, 2.45) is 0 Å². The summed E-state index contributed by atoms with van der Waals surface area (Å²) in [6.45, 7) is 3.14. The third kappa shape index (κ3) is 5.43. The fourth-order valence-electron chi connectivity index (χ4n) is 2.38. The average Bonchev–Trinajstić information content (AvgIpc) is 3.18. The van der Waals surface area contributed by atoms with Crippen LogP contribution in [0.2, 0.25) is 0 Å². The van der Waals surface area contributed by atoms with Gasteiger partial charge in [-0.2, -0.15) is 0 Å². The molecule has 11 heteroatoms. The summed E-state index contributed by atoms with van der Waals surface area (Å²) in [5.41, 5.74) is 0.302. The van der Waals surface area contributed by atoms with Crippen LogP contribution >= 0.6 is 23.1 Å². The molecule has 0 saturated heterocycles. The number of sulfonamides is 1. The highest BCUT2D eigenvalue weighted by molar-refractivity contribution is 8.01. The van der Waals surface area contributed by atoms with Crippen molar-refractivity contribution in [1.29, 1.82) is 0 Å². The maximum Gasteiger partial charge on any atom is 0.264 e. The van der Waals surface area contributed by atoms with Crippen molar-refractivity contribution in [2.45, 2.75) is 9.24 Å². The number of carbonyl (C=O) groups is 1. The van der Waals surface area contributed by atoms with Crippen LogP contribution in [0.4, 0.5) is 15.2 Å². The Morgan fingerprint density at radius 2 is 1.87 bits per heavy atom. The van der Waals surface area contributed by atoms with Crippen LogP contribution in [-0.4, -0.2) is 36.8 Å². The first-order chi connectivity index (χ1) is 14.4. The first kappa shape index (κ1) is 21.9. The molecule has 0 radical (unpaired) electrons. The van der Waals surface area contributed by atoms with E-state index >= 15 is 0 Å². The molecule has 1 aromatic heterocycles. The molecule has 3 aromatic rings. The van der Waals surface area contributed by atoms with Crippen LogP contribution in [0.5, 0.6) is 0 Å². The molecule has 0 bridgehead atoms. The minimum Gasteiger partial charge on any atom is -0.299 e. The summed E-state index contributed by atoms with van der Waals surface area (Å²) in [7, 11) is -4.11. The predicted octanol–water partition coefficient (Wildman–Crippen LogP) is 3.79. The molecular weight excluding hydrogens is 447 g/mol. The Bertz CT molecular complexity index is 1120. The number of thioether (sulfide) groups is 1. The first-order valence-electron chi connectivity index (χ1n) is 8.60. The number of amides is 1. The van der Waals surface area contributed by atoms with Crippen molar-refractivity contribution < 1.29 is 17.6 Å². The van der Waals surface area contributed by atoms with E-state index in [2.05, 4.69) is 22.1 Å². The van der Waals surface area contributed by atoms with Gasteiger partial charge in [0.05, 0.1) is 10.6 Å². The van der Waals surface area contributed by atoms with Crippen molar-refractivity contribution in [3.05, 3.63) is 73.1 Å². The lowest BCUT2D eigenvalue weighted by Crippen LogP contribution is -2.38. The Morgan fingerprint density at radius 3 is 2.53 bits per heavy atom. The highest BCUT2D eigenvalue weighted by Crippen LogP contribution is 2.26. The van der Waals surface area contributed by atoms with Crippen molar-refractivity contribution in [2.75, 3.05) is 21.9 Å². The first-order valence-corrected chi connectivity index (χ1v) is 11.8. The summed E-state index contributed by atoms with van der Waals surface area (Å²) in [6.07, 6.45) is 1.72. The zero-order valence-electron chi connectivity index (χ0n) is 15.6. The van der Waals surface area contributed by atoms with Crippen LogP contribution in [-0.2, 0) is 14.8 Å². The molecule has 3 rings (SSSR count). The van der Waals surface area contributed by atoms with Gasteiger partial charge in [-0.3, -0.25) is 14.4 Å². The molecule has 0 aliphatic rings. The molecule has 0 aliphatic heterocycles. The number of nitrogens with zero attached hydrogens (tertiary/aromatic N) is 3. The van der Waals surface area contributed by atoms with Crippen molar-refractivity contribution in [1.82, 2.24) is 10.2 Å². The van der Waals surface area contributed by atoms with E-state index in [9.17, 15) is 17.6 Å². The van der Waals surface area contributed by atoms with E-state index < -0.39 is 28.3 Å². The van der Waals surface area contributed by atoms with Gasteiger partial charge >= 0.3 is 0 Å². The second-order valence-electron chi connectivity index (χ2n) is 5.82. The van der Waals surface area contributed by atoms with Crippen LogP contribution in [0, 0.1) is 5.82 Å². The highest BCUT2D eigenvalue weighted by Gasteiger charge is 2.27. The Labute approximate surface area is 181 Å². The van der Waals surface area contributed by atoms with Gasteiger partial charge < -0.3 is 0 Å². The Kier molecular flexibility index (Phi) is 7.19. The lowest BCUT2D eigenvalue weighted by molar-refractivity contribution is -0.114. The summed E-state index contributed by atoms with van der Waals surface area (Å²) in [5.74, 6) is -0.486. The van der Waals surface area contributed by atoms with Gasteiger partial charge in [0.15, 0.2) is 4.34 Å². The largest absolute Gasteiger partial charge is 0.299 e. The molecule has 0 spiro atoms. The summed E-state index contributed by atoms with van der Waals surface area (Å²) in [5, 5.41) is 10.7. The SMILES string of the molecule is C=CCSc1nnc(NC(=O)CN(c2ccccc2)S(=O)(=O)c2ccc(F)cc2)s1. The maximum atomic E-state index is 13.2. The van der Waals surface area contributed by atoms with E-state index in [4.69, 9.17) is 0 Å². The summed E-state index contributed by atoms with van der Waals surface area (Å²) >= 11 is 2.60. The molecule has 0 atom stereocenters. The van der Waals surface area contributed by atoms with E-state index in [0.29, 0.717) is 15.8 Å². The van der Waals surface area contributed by atoms with Crippen LogP contribution in [0.3, 0.4) is 0 Å². The number of hydrogen-bond acceptors (Lipinski definition) is 7. The van der Waals surface area contributed by atoms with Crippen molar-refractivity contribution in [3.8, 4) is 0 Å². The Morgan fingerprint density at radius 1 is 1.17 bits per heavy atom. The second-order valence-corrected chi connectivity index (χ2v) is 9.93. The number of halogens is 1. The van der Waals surface area contributed by atoms with E-state index in [-0.39, 0.29) is 10.0 Å². The van der Waals surface area contributed by atoms with E-state index in [1.165, 1.54) is 23.1 Å². The normalized spacial score (nSPS) is 11.1. The Balaban J connectivity index is 1.83. The van der Waals surface area contributed by atoms with Crippen LogP contribution in [0.25, 0.3) is 0 Å². The maximum absolute atomic E-state index is 13.2. The molecule has 156 valence electrons. The predicted molar refractivity (Wildman–Crippen MR) is 117 cm³/mol. The van der Waals surface area contributed by atoms with Crippen LogP contribution < -0.4 is 9.62 Å². The van der Waals surface area contributed by atoms with Gasteiger partial charge in [0.1, 0.15) is 12.4 Å². The van der Waals surface area contributed by atoms with Gasteiger partial charge in [-0.25, -0.2) is 12.8 Å². The third-order valence-corrected chi connectivity index (χ3v) is 7.47. The average molecular weight is 465 g/mol. The number of rotatable bonds is 9. The molecule has 1 amide bonds. The van der Waals surface area contributed by atoms with Gasteiger partial charge in [-0.15, -0.1) is 16.8 Å². The summed E-state index contributed by atoms with van der Waals surface area (Å²) < 4.78 is 41.1. The molecule has 30 heavy (non-hydrogen) atoms. The molecular formula is C19H17FN4O3S3. The van der Waals surface area contributed by atoms with Crippen LogP contribution in [0.15, 0.2) is 76.5 Å². The monoisotopic (exact) mass is 464 g/mol. The van der Waals surface area contributed by atoms with Gasteiger partial charge in [-0.1, -0.05) is 47.4 Å². The summed E-state index contributed by atoms with van der Waals surface area (Å²) in [6, 6.07) is 12.6. The quantitative estimate of drug-likeness (QED) is 0.294. The molecule has 0 saturated carbocycles. The second kappa shape index (κ2) is 9.83. The lowest BCUT2D eigenvalue weighted by Gasteiger charge is -2.23. The fraction of sp³-hybridized carbons (Fsp3) is 0.105. The van der Waals surface area contributed by atoms with E-state index in [0.717, 1.165) is 28.6 Å². The number of para-hydroxylation sites is 1. The number of anilines is 2. The molecule has 0 unspecified atom stereocenters. The van der Waals surface area contributed by atoms with E-state index in [1.54, 1.807) is 36.4 Å². The minimum absolute atomic E-state index is 0.125. The standard InChI is InChI=1S/C19H17FN4O3S3/c1-2-12-28-19-23-22-18(29-19)21-17(25)13-24(15-6-4-3-5-7-15)30(26,27)16-10-8-14(20)9-11-16/h2-11H,1,12-13H2,(H,21,22,25).